The maximum absolute atomic E-state index is 5.64. The van der Waals surface area contributed by atoms with Crippen molar-refractivity contribution in [3.8, 4) is 11.5 Å². The van der Waals surface area contributed by atoms with Gasteiger partial charge in [-0.25, -0.2) is 0 Å². The molecule has 0 radical (unpaired) electrons. The van der Waals surface area contributed by atoms with Crippen LogP contribution in [0.5, 0.6) is 11.5 Å². The molecular formula is C18H27NO2. The van der Waals surface area contributed by atoms with E-state index in [1.807, 2.05) is 6.07 Å². The van der Waals surface area contributed by atoms with Gasteiger partial charge in [0.05, 0.1) is 0 Å². The fraction of sp³-hybridized carbons (Fsp3) is 0.667. The van der Waals surface area contributed by atoms with Crippen LogP contribution in [0.1, 0.15) is 45.1 Å². The summed E-state index contributed by atoms with van der Waals surface area (Å²) >= 11 is 0. The zero-order valence-corrected chi connectivity index (χ0v) is 13.2. The highest BCUT2D eigenvalue weighted by Crippen LogP contribution is 2.32. The second kappa shape index (κ2) is 6.69. The zero-order chi connectivity index (χ0) is 14.7. The van der Waals surface area contributed by atoms with E-state index < -0.39 is 0 Å². The highest BCUT2D eigenvalue weighted by atomic mass is 16.6. The van der Waals surface area contributed by atoms with Gasteiger partial charge in [0.2, 0.25) is 0 Å². The van der Waals surface area contributed by atoms with Gasteiger partial charge in [-0.05, 0) is 55.2 Å². The third-order valence-corrected chi connectivity index (χ3v) is 4.92. The van der Waals surface area contributed by atoms with Crippen LogP contribution < -0.4 is 14.8 Å². The van der Waals surface area contributed by atoms with Crippen molar-refractivity contribution in [3.63, 3.8) is 0 Å². The van der Waals surface area contributed by atoms with Crippen molar-refractivity contribution in [2.45, 2.75) is 52.1 Å². The van der Waals surface area contributed by atoms with Crippen LogP contribution in [0, 0.1) is 11.8 Å². The van der Waals surface area contributed by atoms with Crippen molar-refractivity contribution in [1.29, 1.82) is 0 Å². The van der Waals surface area contributed by atoms with Crippen LogP contribution in [-0.2, 0) is 6.54 Å². The quantitative estimate of drug-likeness (QED) is 0.915. The molecule has 0 saturated heterocycles. The Labute approximate surface area is 128 Å². The molecule has 1 aliphatic carbocycles. The van der Waals surface area contributed by atoms with Gasteiger partial charge in [-0.3, -0.25) is 0 Å². The first-order valence-corrected chi connectivity index (χ1v) is 8.34. The lowest BCUT2D eigenvalue weighted by molar-refractivity contribution is 0.171. The summed E-state index contributed by atoms with van der Waals surface area (Å²) in [4.78, 5) is 0. The van der Waals surface area contributed by atoms with Gasteiger partial charge < -0.3 is 14.8 Å². The fourth-order valence-electron chi connectivity index (χ4n) is 3.45. The van der Waals surface area contributed by atoms with Crippen molar-refractivity contribution in [1.82, 2.24) is 5.32 Å². The highest BCUT2D eigenvalue weighted by Gasteiger charge is 2.22. The Morgan fingerprint density at radius 2 is 1.76 bits per heavy atom. The van der Waals surface area contributed by atoms with Gasteiger partial charge in [0, 0.05) is 12.6 Å². The van der Waals surface area contributed by atoms with E-state index in [4.69, 9.17) is 9.47 Å². The molecule has 0 atom stereocenters. The van der Waals surface area contributed by atoms with Gasteiger partial charge in [0.25, 0.3) is 0 Å². The first kappa shape index (κ1) is 14.7. The highest BCUT2D eigenvalue weighted by molar-refractivity contribution is 5.43. The minimum absolute atomic E-state index is 0.656. The van der Waals surface area contributed by atoms with Gasteiger partial charge in [-0.2, -0.15) is 0 Å². The average molecular weight is 289 g/mol. The summed E-state index contributed by atoms with van der Waals surface area (Å²) in [6.45, 7) is 6.95. The van der Waals surface area contributed by atoms with E-state index in [1.165, 1.54) is 31.2 Å². The first-order valence-electron chi connectivity index (χ1n) is 8.34. The van der Waals surface area contributed by atoms with Gasteiger partial charge in [0.1, 0.15) is 13.2 Å². The molecule has 0 unspecified atom stereocenters. The Balaban J connectivity index is 1.49. The number of hydrogen-bond acceptors (Lipinski definition) is 3. The summed E-state index contributed by atoms with van der Waals surface area (Å²) in [7, 11) is 0. The molecule has 3 heteroatoms. The number of hydrogen-bond donors (Lipinski definition) is 1. The number of rotatable bonds is 4. The smallest absolute Gasteiger partial charge is 0.161 e. The van der Waals surface area contributed by atoms with E-state index >= 15 is 0 Å². The van der Waals surface area contributed by atoms with E-state index in [2.05, 4.69) is 31.3 Å². The molecule has 1 heterocycles. The van der Waals surface area contributed by atoms with Crippen LogP contribution in [0.3, 0.4) is 0 Å². The molecule has 1 saturated carbocycles. The van der Waals surface area contributed by atoms with Gasteiger partial charge in [0.15, 0.2) is 11.5 Å². The van der Waals surface area contributed by atoms with Crippen LogP contribution in [0.4, 0.5) is 0 Å². The van der Waals surface area contributed by atoms with Crippen molar-refractivity contribution in [2.75, 3.05) is 13.2 Å². The average Bonchev–Trinajstić information content (AvgIpc) is 2.53. The molecule has 0 spiro atoms. The van der Waals surface area contributed by atoms with E-state index in [0.29, 0.717) is 19.3 Å². The summed E-state index contributed by atoms with van der Waals surface area (Å²) in [5.74, 6) is 3.53. The van der Waals surface area contributed by atoms with E-state index in [1.54, 1.807) is 0 Å². The Morgan fingerprint density at radius 1 is 1.05 bits per heavy atom. The monoisotopic (exact) mass is 289 g/mol. The van der Waals surface area contributed by atoms with Crippen molar-refractivity contribution < 1.29 is 9.47 Å². The molecule has 0 aromatic heterocycles. The van der Waals surface area contributed by atoms with E-state index in [9.17, 15) is 0 Å². The summed E-state index contributed by atoms with van der Waals surface area (Å²) in [5.41, 5.74) is 1.28. The second-order valence-electron chi connectivity index (χ2n) is 6.71. The lowest BCUT2D eigenvalue weighted by Crippen LogP contribution is -2.33. The third-order valence-electron chi connectivity index (χ3n) is 4.92. The maximum atomic E-state index is 5.64. The number of ether oxygens (including phenoxy) is 2. The minimum atomic E-state index is 0.656. The second-order valence-corrected chi connectivity index (χ2v) is 6.71. The zero-order valence-electron chi connectivity index (χ0n) is 13.2. The Morgan fingerprint density at radius 3 is 2.48 bits per heavy atom. The molecule has 1 fully saturated rings. The SMILES string of the molecule is CC(C)C1CCC(NCc2ccc3c(c2)OCCO3)CC1. The van der Waals surface area contributed by atoms with Crippen LogP contribution in [0.25, 0.3) is 0 Å². The Hall–Kier alpha value is -1.22. The molecule has 2 aliphatic rings. The molecule has 0 bridgehead atoms. The normalized spacial score (nSPS) is 25.1. The summed E-state index contributed by atoms with van der Waals surface area (Å²) in [6, 6.07) is 6.95. The molecule has 1 aromatic rings. The van der Waals surface area contributed by atoms with Gasteiger partial charge >= 0.3 is 0 Å². The number of nitrogens with one attached hydrogen (secondary N) is 1. The van der Waals surface area contributed by atoms with Crippen molar-refractivity contribution in [2.24, 2.45) is 11.8 Å². The molecule has 1 N–H and O–H groups in total. The topological polar surface area (TPSA) is 30.5 Å². The van der Waals surface area contributed by atoms with Gasteiger partial charge in [-0.1, -0.05) is 19.9 Å². The van der Waals surface area contributed by atoms with Crippen LogP contribution in [-0.4, -0.2) is 19.3 Å². The number of fused-ring (bicyclic) bond motifs is 1. The van der Waals surface area contributed by atoms with Crippen molar-refractivity contribution >= 4 is 0 Å². The Kier molecular flexibility index (Phi) is 4.69. The van der Waals surface area contributed by atoms with Crippen LogP contribution in [0.15, 0.2) is 18.2 Å². The molecule has 1 aliphatic heterocycles. The van der Waals surface area contributed by atoms with E-state index in [-0.39, 0.29) is 0 Å². The molecular weight excluding hydrogens is 262 g/mol. The molecule has 0 amide bonds. The van der Waals surface area contributed by atoms with E-state index in [0.717, 1.165) is 29.9 Å². The van der Waals surface area contributed by atoms with Crippen LogP contribution in [0.2, 0.25) is 0 Å². The lowest BCUT2D eigenvalue weighted by atomic mass is 9.80. The largest absolute Gasteiger partial charge is 0.486 e. The molecule has 3 nitrogen and oxygen atoms in total. The molecule has 1 aromatic carbocycles. The fourth-order valence-corrected chi connectivity index (χ4v) is 3.45. The van der Waals surface area contributed by atoms with Gasteiger partial charge in [-0.15, -0.1) is 0 Å². The molecule has 116 valence electrons. The summed E-state index contributed by atoms with van der Waals surface area (Å²) in [6.07, 6.45) is 5.37. The third kappa shape index (κ3) is 3.70. The standard InChI is InChI=1S/C18H27NO2/c1-13(2)15-4-6-16(7-5-15)19-12-14-3-8-17-18(11-14)21-10-9-20-17/h3,8,11,13,15-16,19H,4-7,9-10,12H2,1-2H3. The Bertz CT molecular complexity index is 464. The maximum Gasteiger partial charge on any atom is 0.161 e. The van der Waals surface area contributed by atoms with Crippen molar-refractivity contribution in [3.05, 3.63) is 23.8 Å². The first-order chi connectivity index (χ1) is 10.2. The van der Waals surface area contributed by atoms with Crippen LogP contribution >= 0.6 is 0 Å². The predicted molar refractivity (Wildman–Crippen MR) is 84.9 cm³/mol. The number of benzene rings is 1. The lowest BCUT2D eigenvalue weighted by Gasteiger charge is -2.31. The minimum Gasteiger partial charge on any atom is -0.486 e. The predicted octanol–water partition coefficient (Wildman–Crippen LogP) is 3.76. The molecule has 21 heavy (non-hydrogen) atoms. The summed E-state index contributed by atoms with van der Waals surface area (Å²) in [5, 5.41) is 3.71. The molecule has 3 rings (SSSR count). The summed E-state index contributed by atoms with van der Waals surface area (Å²) < 4.78 is 11.2.